The molecule has 0 fully saturated rings. The van der Waals surface area contributed by atoms with Crippen molar-refractivity contribution in [2.75, 3.05) is 0 Å². The molecular formula is C14H14N2. The highest BCUT2D eigenvalue weighted by atomic mass is 14.7. The van der Waals surface area contributed by atoms with Crippen LogP contribution in [0.25, 0.3) is 15.7 Å². The fraction of sp³-hybridized carbons (Fsp3) is 0.286. The number of hydrogen-bond donors (Lipinski definition) is 0. The van der Waals surface area contributed by atoms with E-state index in [0.717, 1.165) is 10.9 Å². The van der Waals surface area contributed by atoms with Gasteiger partial charge in [-0.3, -0.25) is 4.98 Å². The Morgan fingerprint density at radius 2 is 1.94 bits per heavy atom. The van der Waals surface area contributed by atoms with Crippen molar-refractivity contribution in [1.29, 1.82) is 0 Å². The standard InChI is InChI=1S/C14H14N2/c1-14(2,3)11-7-8-12(15-4)10-6-5-9-16-13(10)11/h5-9H,1-3H3. The average molecular weight is 210 g/mol. The predicted molar refractivity (Wildman–Crippen MR) is 66.7 cm³/mol. The first-order valence-corrected chi connectivity index (χ1v) is 5.30. The van der Waals surface area contributed by atoms with E-state index in [2.05, 4.69) is 30.6 Å². The second-order valence-electron chi connectivity index (χ2n) is 4.89. The highest BCUT2D eigenvalue weighted by Crippen LogP contribution is 2.33. The van der Waals surface area contributed by atoms with E-state index in [9.17, 15) is 0 Å². The summed E-state index contributed by atoms with van der Waals surface area (Å²) < 4.78 is 0. The Hall–Kier alpha value is -1.88. The van der Waals surface area contributed by atoms with Gasteiger partial charge < -0.3 is 0 Å². The van der Waals surface area contributed by atoms with Crippen LogP contribution in [0.5, 0.6) is 0 Å². The van der Waals surface area contributed by atoms with Crippen LogP contribution in [0.3, 0.4) is 0 Å². The van der Waals surface area contributed by atoms with Crippen LogP contribution in [0.15, 0.2) is 30.5 Å². The molecule has 0 saturated carbocycles. The highest BCUT2D eigenvalue weighted by Gasteiger charge is 2.18. The Morgan fingerprint density at radius 1 is 1.19 bits per heavy atom. The number of pyridine rings is 1. The van der Waals surface area contributed by atoms with Crippen LogP contribution >= 0.6 is 0 Å². The number of aromatic nitrogens is 1. The first kappa shape index (κ1) is 10.6. The number of nitrogens with zero attached hydrogens (tertiary/aromatic N) is 2. The molecule has 0 amide bonds. The summed E-state index contributed by atoms with van der Waals surface area (Å²) in [5.41, 5.74) is 2.86. The van der Waals surface area contributed by atoms with Crippen LogP contribution in [-0.2, 0) is 5.41 Å². The fourth-order valence-corrected chi connectivity index (χ4v) is 1.86. The van der Waals surface area contributed by atoms with Gasteiger partial charge in [-0.1, -0.05) is 39.0 Å². The van der Waals surface area contributed by atoms with Crippen LogP contribution < -0.4 is 0 Å². The summed E-state index contributed by atoms with van der Waals surface area (Å²) in [6.07, 6.45) is 1.78. The lowest BCUT2D eigenvalue weighted by atomic mass is 9.85. The summed E-state index contributed by atoms with van der Waals surface area (Å²) in [7, 11) is 0. The minimum absolute atomic E-state index is 0.0488. The van der Waals surface area contributed by atoms with E-state index in [0.29, 0.717) is 5.69 Å². The van der Waals surface area contributed by atoms with E-state index in [1.54, 1.807) is 6.20 Å². The molecule has 0 bridgehead atoms. The maximum absolute atomic E-state index is 7.15. The van der Waals surface area contributed by atoms with Gasteiger partial charge in [-0.05, 0) is 17.0 Å². The Labute approximate surface area is 95.8 Å². The molecule has 0 aliphatic carbocycles. The van der Waals surface area contributed by atoms with Gasteiger partial charge in [-0.2, -0.15) is 0 Å². The first-order chi connectivity index (χ1) is 7.54. The Kier molecular flexibility index (Phi) is 2.40. The summed E-state index contributed by atoms with van der Waals surface area (Å²) in [6.45, 7) is 13.6. The minimum Gasteiger partial charge on any atom is -0.257 e. The quantitative estimate of drug-likeness (QED) is 0.599. The van der Waals surface area contributed by atoms with Gasteiger partial charge in [-0.25, -0.2) is 4.85 Å². The zero-order chi connectivity index (χ0) is 11.8. The highest BCUT2D eigenvalue weighted by molar-refractivity contribution is 5.94. The molecule has 2 nitrogen and oxygen atoms in total. The minimum atomic E-state index is 0.0488. The van der Waals surface area contributed by atoms with Crippen LogP contribution in [0, 0.1) is 6.57 Å². The van der Waals surface area contributed by atoms with E-state index in [4.69, 9.17) is 6.57 Å². The van der Waals surface area contributed by atoms with Crippen molar-refractivity contribution in [3.05, 3.63) is 47.4 Å². The van der Waals surface area contributed by atoms with Crippen LogP contribution in [0.2, 0.25) is 0 Å². The van der Waals surface area contributed by atoms with Crippen molar-refractivity contribution in [2.45, 2.75) is 26.2 Å². The second kappa shape index (κ2) is 3.61. The third kappa shape index (κ3) is 1.65. The summed E-state index contributed by atoms with van der Waals surface area (Å²) in [4.78, 5) is 7.94. The molecule has 0 saturated heterocycles. The summed E-state index contributed by atoms with van der Waals surface area (Å²) in [5.74, 6) is 0. The number of fused-ring (bicyclic) bond motifs is 1. The van der Waals surface area contributed by atoms with Gasteiger partial charge >= 0.3 is 0 Å². The fourth-order valence-electron chi connectivity index (χ4n) is 1.86. The van der Waals surface area contributed by atoms with Crippen molar-refractivity contribution in [2.24, 2.45) is 0 Å². The molecule has 0 aliphatic heterocycles. The molecule has 2 aromatic rings. The molecule has 0 aliphatic rings. The summed E-state index contributed by atoms with van der Waals surface area (Å²) in [6, 6.07) is 7.74. The van der Waals surface area contributed by atoms with Crippen LogP contribution in [-0.4, -0.2) is 4.98 Å². The van der Waals surface area contributed by atoms with Gasteiger partial charge in [0.15, 0.2) is 5.69 Å². The van der Waals surface area contributed by atoms with Crippen molar-refractivity contribution in [3.63, 3.8) is 0 Å². The van der Waals surface area contributed by atoms with Gasteiger partial charge in [-0.15, -0.1) is 0 Å². The Morgan fingerprint density at radius 3 is 2.56 bits per heavy atom. The van der Waals surface area contributed by atoms with Crippen LogP contribution in [0.4, 0.5) is 5.69 Å². The number of benzene rings is 1. The molecule has 0 spiro atoms. The molecule has 2 rings (SSSR count). The normalized spacial score (nSPS) is 11.4. The molecule has 16 heavy (non-hydrogen) atoms. The molecule has 1 aromatic heterocycles. The van der Waals surface area contributed by atoms with Gasteiger partial charge in [0.1, 0.15) is 0 Å². The molecule has 0 radical (unpaired) electrons. The van der Waals surface area contributed by atoms with Gasteiger partial charge in [0, 0.05) is 11.6 Å². The van der Waals surface area contributed by atoms with E-state index in [1.807, 2.05) is 24.3 Å². The van der Waals surface area contributed by atoms with Crippen molar-refractivity contribution < 1.29 is 0 Å². The summed E-state index contributed by atoms with van der Waals surface area (Å²) >= 11 is 0. The molecule has 0 atom stereocenters. The number of hydrogen-bond acceptors (Lipinski definition) is 1. The zero-order valence-corrected chi connectivity index (χ0v) is 9.78. The maximum Gasteiger partial charge on any atom is 0.196 e. The van der Waals surface area contributed by atoms with E-state index in [-0.39, 0.29) is 5.41 Å². The Balaban J connectivity index is 2.87. The van der Waals surface area contributed by atoms with E-state index in [1.165, 1.54) is 5.56 Å². The van der Waals surface area contributed by atoms with Crippen molar-refractivity contribution >= 4 is 16.6 Å². The van der Waals surface area contributed by atoms with Crippen LogP contribution in [0.1, 0.15) is 26.3 Å². The lowest BCUT2D eigenvalue weighted by Crippen LogP contribution is -2.12. The smallest absolute Gasteiger partial charge is 0.196 e. The second-order valence-corrected chi connectivity index (χ2v) is 4.89. The molecule has 1 heterocycles. The van der Waals surface area contributed by atoms with Gasteiger partial charge in [0.05, 0.1) is 12.1 Å². The topological polar surface area (TPSA) is 17.2 Å². The monoisotopic (exact) mass is 210 g/mol. The lowest BCUT2D eigenvalue weighted by molar-refractivity contribution is 0.595. The largest absolute Gasteiger partial charge is 0.257 e. The molecule has 1 aromatic carbocycles. The third-order valence-corrected chi connectivity index (χ3v) is 2.68. The zero-order valence-electron chi connectivity index (χ0n) is 9.78. The van der Waals surface area contributed by atoms with E-state index >= 15 is 0 Å². The SMILES string of the molecule is [C-]#[N+]c1ccc(C(C)(C)C)c2ncccc12. The lowest BCUT2D eigenvalue weighted by Gasteiger charge is -2.20. The average Bonchev–Trinajstić information content (AvgIpc) is 2.26. The maximum atomic E-state index is 7.15. The number of rotatable bonds is 0. The molecule has 2 heteroatoms. The third-order valence-electron chi connectivity index (χ3n) is 2.68. The van der Waals surface area contributed by atoms with Crippen molar-refractivity contribution in [1.82, 2.24) is 4.98 Å². The Bertz CT molecular complexity index is 571. The summed E-state index contributed by atoms with van der Waals surface area (Å²) in [5, 5.41) is 0.949. The molecule has 80 valence electrons. The van der Waals surface area contributed by atoms with E-state index < -0.39 is 0 Å². The van der Waals surface area contributed by atoms with Gasteiger partial charge in [0.25, 0.3) is 0 Å². The van der Waals surface area contributed by atoms with Crippen molar-refractivity contribution in [3.8, 4) is 0 Å². The predicted octanol–water partition coefficient (Wildman–Crippen LogP) is 4.08. The molecule has 0 unspecified atom stereocenters. The molecule has 0 N–H and O–H groups in total. The van der Waals surface area contributed by atoms with Gasteiger partial charge in [0.2, 0.25) is 0 Å². The first-order valence-electron chi connectivity index (χ1n) is 5.30. The molecular weight excluding hydrogens is 196 g/mol.